The lowest BCUT2D eigenvalue weighted by Crippen LogP contribution is -2.37. The molecule has 0 bridgehead atoms. The van der Waals surface area contributed by atoms with Gasteiger partial charge < -0.3 is 24.8 Å². The van der Waals surface area contributed by atoms with Crippen molar-refractivity contribution in [1.82, 2.24) is 0 Å². The Kier molecular flexibility index (Phi) is 8.01. The lowest BCUT2D eigenvalue weighted by atomic mass is 9.92. The Morgan fingerprint density at radius 2 is 1.88 bits per heavy atom. The largest absolute Gasteiger partial charge is 0.461 e. The molecule has 3 N–H and O–H groups in total. The molecule has 2 atom stereocenters. The number of cyclic esters (lactones) is 1. The molecule has 25 heavy (non-hydrogen) atoms. The maximum Gasteiger partial charge on any atom is 0.309 e. The zero-order chi connectivity index (χ0) is 20.1. The number of rotatable bonds is 4. The number of carbonyl (C=O) groups is 2. The van der Waals surface area contributed by atoms with Gasteiger partial charge in [0.15, 0.2) is 0 Å². The minimum absolute atomic E-state index is 0.0197. The first-order chi connectivity index (χ1) is 11.1. The van der Waals surface area contributed by atoms with Crippen LogP contribution in [-0.4, -0.2) is 57.3 Å². The number of aliphatic hydroxyl groups is 3. The molecule has 1 heterocycles. The van der Waals surface area contributed by atoms with Crippen molar-refractivity contribution < 1.29 is 34.4 Å². The third kappa shape index (κ3) is 8.81. The van der Waals surface area contributed by atoms with E-state index in [1.165, 1.54) is 6.92 Å². The van der Waals surface area contributed by atoms with Gasteiger partial charge in [-0.25, -0.2) is 0 Å². The molecule has 0 aliphatic carbocycles. The van der Waals surface area contributed by atoms with Crippen molar-refractivity contribution in [3.05, 3.63) is 24.3 Å². The second kappa shape index (κ2) is 8.60. The Bertz CT molecular complexity index is 524. The van der Waals surface area contributed by atoms with Crippen LogP contribution in [-0.2, 0) is 19.1 Å². The number of ether oxygens (including phenoxy) is 2. The quantitative estimate of drug-likeness (QED) is 0.512. The van der Waals surface area contributed by atoms with Crippen molar-refractivity contribution in [2.45, 2.75) is 64.3 Å². The average molecular weight is 358 g/mol. The highest BCUT2D eigenvalue weighted by Gasteiger charge is 2.33. The van der Waals surface area contributed by atoms with Crippen LogP contribution in [0.4, 0.5) is 0 Å². The molecule has 0 aromatic heterocycles. The summed E-state index contributed by atoms with van der Waals surface area (Å²) in [6.07, 6.45) is -0.185. The number of aliphatic hydroxyl groups excluding tert-OH is 1. The summed E-state index contributed by atoms with van der Waals surface area (Å²) in [6.45, 7) is 15.1. The summed E-state index contributed by atoms with van der Waals surface area (Å²) in [5, 5.41) is 28.0. The van der Waals surface area contributed by atoms with E-state index in [4.69, 9.17) is 9.84 Å². The Morgan fingerprint density at radius 1 is 1.36 bits per heavy atom. The lowest BCUT2D eigenvalue weighted by molar-refractivity contribution is -0.159. The van der Waals surface area contributed by atoms with Crippen LogP contribution in [0.3, 0.4) is 0 Å². The first-order valence-electron chi connectivity index (χ1n) is 7.90. The molecule has 1 rings (SSSR count). The molecule has 0 aromatic carbocycles. The first-order valence-corrected chi connectivity index (χ1v) is 7.90. The van der Waals surface area contributed by atoms with Gasteiger partial charge >= 0.3 is 11.9 Å². The van der Waals surface area contributed by atoms with Gasteiger partial charge in [-0.15, -0.1) is 0 Å². The molecule has 0 spiro atoms. The number of hydrogen-bond acceptors (Lipinski definition) is 7. The molecule has 1 fully saturated rings. The third-order valence-corrected chi connectivity index (χ3v) is 3.52. The van der Waals surface area contributed by atoms with Gasteiger partial charge in [0.2, 0.25) is 0 Å². The van der Waals surface area contributed by atoms with E-state index in [-0.39, 0.29) is 37.6 Å². The molecule has 1 aliphatic heterocycles. The summed E-state index contributed by atoms with van der Waals surface area (Å²) in [5.74, 6) is -0.875. The van der Waals surface area contributed by atoms with E-state index < -0.39 is 22.8 Å². The molecule has 144 valence electrons. The highest BCUT2D eigenvalue weighted by atomic mass is 16.6. The van der Waals surface area contributed by atoms with Gasteiger partial charge in [0.25, 0.3) is 0 Å². The normalized spacial score (nSPS) is 22.9. The van der Waals surface area contributed by atoms with Crippen LogP contribution in [0.15, 0.2) is 24.3 Å². The molecule has 0 radical (unpaired) electrons. The molecule has 7 nitrogen and oxygen atoms in total. The fraction of sp³-hybridized carbons (Fsp3) is 0.667. The molecule has 2 unspecified atom stereocenters. The molecular formula is C18H30O7. The first kappa shape index (κ1) is 23.3. The van der Waals surface area contributed by atoms with Crippen molar-refractivity contribution in [3.63, 3.8) is 0 Å². The maximum atomic E-state index is 11.4. The zero-order valence-electron chi connectivity index (χ0n) is 15.7. The lowest BCUT2D eigenvalue weighted by Gasteiger charge is -2.29. The maximum absolute atomic E-state index is 11.4. The van der Waals surface area contributed by atoms with Crippen LogP contribution >= 0.6 is 0 Å². The van der Waals surface area contributed by atoms with E-state index in [1.54, 1.807) is 27.7 Å². The summed E-state index contributed by atoms with van der Waals surface area (Å²) < 4.78 is 9.67. The smallest absolute Gasteiger partial charge is 0.309 e. The van der Waals surface area contributed by atoms with E-state index >= 15 is 0 Å². The number of hydrogen-bond donors (Lipinski definition) is 3. The minimum Gasteiger partial charge on any atom is -0.461 e. The van der Waals surface area contributed by atoms with Crippen LogP contribution in [0.25, 0.3) is 0 Å². The minimum atomic E-state index is -1.42. The van der Waals surface area contributed by atoms with E-state index in [2.05, 4.69) is 17.9 Å². The van der Waals surface area contributed by atoms with Crippen molar-refractivity contribution in [1.29, 1.82) is 0 Å². The highest BCUT2D eigenvalue weighted by molar-refractivity contribution is 5.73. The van der Waals surface area contributed by atoms with Crippen LogP contribution in [0.1, 0.15) is 47.5 Å². The Balaban J connectivity index is 0.000000496. The van der Waals surface area contributed by atoms with Crippen LogP contribution in [0.2, 0.25) is 0 Å². The summed E-state index contributed by atoms with van der Waals surface area (Å²) in [7, 11) is 0. The average Bonchev–Trinajstić information content (AvgIpc) is 2.39. The third-order valence-electron chi connectivity index (χ3n) is 3.52. The van der Waals surface area contributed by atoms with Gasteiger partial charge in [0.05, 0.1) is 30.7 Å². The topological polar surface area (TPSA) is 113 Å². The van der Waals surface area contributed by atoms with E-state index in [9.17, 15) is 19.8 Å². The fourth-order valence-corrected chi connectivity index (χ4v) is 1.73. The molecular weight excluding hydrogens is 328 g/mol. The van der Waals surface area contributed by atoms with Gasteiger partial charge in [-0.1, -0.05) is 13.2 Å². The fourth-order valence-electron chi connectivity index (χ4n) is 1.73. The Labute approximate surface area is 148 Å². The Morgan fingerprint density at radius 3 is 2.24 bits per heavy atom. The standard InChI is InChI=1S/C11H20O4.C7H10O3/c1-8(7-12)11(5,14)6-9(13)15-10(2,3)4;1-5-4-10-6(8)3-7(5,2)9/h12,14H,1,6-7H2,2-5H3;9H,1,3-4H2,2H3. The van der Waals surface area contributed by atoms with Crippen LogP contribution in [0.5, 0.6) is 0 Å². The summed E-state index contributed by atoms with van der Waals surface area (Å²) >= 11 is 0. The zero-order valence-corrected chi connectivity index (χ0v) is 15.7. The molecule has 1 aliphatic rings. The van der Waals surface area contributed by atoms with E-state index in [0.717, 1.165) is 0 Å². The van der Waals surface area contributed by atoms with E-state index in [1.807, 2.05) is 0 Å². The van der Waals surface area contributed by atoms with Crippen molar-refractivity contribution in [2.24, 2.45) is 0 Å². The second-order valence-electron chi connectivity index (χ2n) is 7.51. The van der Waals surface area contributed by atoms with Crippen molar-refractivity contribution >= 4 is 11.9 Å². The predicted molar refractivity (Wildman–Crippen MR) is 92.7 cm³/mol. The van der Waals surface area contributed by atoms with Crippen LogP contribution in [0, 0.1) is 0 Å². The second-order valence-corrected chi connectivity index (χ2v) is 7.51. The van der Waals surface area contributed by atoms with Gasteiger partial charge in [0.1, 0.15) is 12.2 Å². The van der Waals surface area contributed by atoms with Crippen molar-refractivity contribution in [2.75, 3.05) is 13.2 Å². The molecule has 7 heteroatoms. The summed E-state index contributed by atoms with van der Waals surface area (Å²) in [4.78, 5) is 22.0. The highest BCUT2D eigenvalue weighted by Crippen LogP contribution is 2.24. The molecule has 0 aromatic rings. The van der Waals surface area contributed by atoms with Crippen molar-refractivity contribution in [3.8, 4) is 0 Å². The van der Waals surface area contributed by atoms with Gasteiger partial charge in [-0.05, 0) is 45.8 Å². The molecule has 0 amide bonds. The summed E-state index contributed by atoms with van der Waals surface area (Å²) in [5.41, 5.74) is -2.29. The SMILES string of the molecule is C=C(CO)C(C)(O)CC(=O)OC(C)(C)C.C=C1COC(=O)CC1(C)O. The molecule has 0 saturated carbocycles. The van der Waals surface area contributed by atoms with Gasteiger partial charge in [0, 0.05) is 0 Å². The summed E-state index contributed by atoms with van der Waals surface area (Å²) in [6, 6.07) is 0. The monoisotopic (exact) mass is 358 g/mol. The van der Waals surface area contributed by atoms with Gasteiger partial charge in [-0.2, -0.15) is 0 Å². The number of esters is 2. The van der Waals surface area contributed by atoms with E-state index in [0.29, 0.717) is 5.57 Å². The van der Waals surface area contributed by atoms with Gasteiger partial charge in [-0.3, -0.25) is 9.59 Å². The predicted octanol–water partition coefficient (Wildman–Crippen LogP) is 1.26. The number of carbonyl (C=O) groups excluding carboxylic acids is 2. The Hall–Kier alpha value is -1.70. The molecule has 1 saturated heterocycles. The van der Waals surface area contributed by atoms with Crippen LogP contribution < -0.4 is 0 Å².